The van der Waals surface area contributed by atoms with Gasteiger partial charge in [0.1, 0.15) is 0 Å². The van der Waals surface area contributed by atoms with Crippen molar-refractivity contribution in [3.63, 3.8) is 0 Å². The third-order valence-electron chi connectivity index (χ3n) is 6.08. The van der Waals surface area contributed by atoms with Gasteiger partial charge in [0.25, 0.3) is 0 Å². The fourth-order valence-electron chi connectivity index (χ4n) is 4.24. The van der Waals surface area contributed by atoms with Crippen LogP contribution in [0.2, 0.25) is 0 Å². The lowest BCUT2D eigenvalue weighted by Crippen LogP contribution is -2.43. The Labute approximate surface area is 206 Å². The monoisotopic (exact) mass is 495 g/mol. The molecule has 0 saturated heterocycles. The molecular weight excluding hydrogens is 458 g/mol. The molecule has 0 radical (unpaired) electrons. The molecule has 1 fully saturated rings. The minimum atomic E-state index is -1.51. The van der Waals surface area contributed by atoms with Crippen LogP contribution in [0.5, 0.6) is 0 Å². The summed E-state index contributed by atoms with van der Waals surface area (Å²) in [7, 11) is 1.53. The lowest BCUT2D eigenvalue weighted by atomic mass is 9.78. The van der Waals surface area contributed by atoms with E-state index < -0.39 is 35.3 Å². The van der Waals surface area contributed by atoms with Gasteiger partial charge in [0.15, 0.2) is 6.10 Å². The van der Waals surface area contributed by atoms with Gasteiger partial charge in [-0.15, -0.1) is 5.06 Å². The number of nitrogens with zero attached hydrogens (tertiary/aromatic N) is 1. The first-order chi connectivity index (χ1) is 16.8. The molecule has 2 atom stereocenters. The fraction of sp³-hybridized carbons (Fsp3) is 0.640. The van der Waals surface area contributed by atoms with E-state index in [2.05, 4.69) is 0 Å². The first-order valence-electron chi connectivity index (χ1n) is 12.0. The van der Waals surface area contributed by atoms with Crippen molar-refractivity contribution in [2.24, 2.45) is 11.3 Å². The zero-order chi connectivity index (χ0) is 25.7. The minimum Gasteiger partial charge on any atom is -0.481 e. The summed E-state index contributed by atoms with van der Waals surface area (Å²) in [5, 5.41) is 21.3. The molecule has 1 saturated carbocycles. The van der Waals surface area contributed by atoms with E-state index >= 15 is 0 Å². The Hall–Kier alpha value is -2.53. The summed E-state index contributed by atoms with van der Waals surface area (Å²) >= 11 is 0. The van der Waals surface area contributed by atoms with E-state index in [9.17, 15) is 24.6 Å². The third-order valence-corrected chi connectivity index (χ3v) is 6.08. The van der Waals surface area contributed by atoms with Crippen LogP contribution in [0.1, 0.15) is 44.6 Å². The number of aliphatic hydroxyl groups excluding tert-OH is 1. The summed E-state index contributed by atoms with van der Waals surface area (Å²) in [6.45, 7) is 2.17. The predicted octanol–water partition coefficient (Wildman–Crippen LogP) is 2.19. The van der Waals surface area contributed by atoms with Crippen molar-refractivity contribution >= 4 is 17.9 Å². The molecular formula is C25H37NO9. The third kappa shape index (κ3) is 9.21. The van der Waals surface area contributed by atoms with Gasteiger partial charge in [0.2, 0.25) is 0 Å². The van der Waals surface area contributed by atoms with Gasteiger partial charge in [-0.2, -0.15) is 0 Å². The van der Waals surface area contributed by atoms with Gasteiger partial charge >= 0.3 is 17.9 Å². The highest BCUT2D eigenvalue weighted by Crippen LogP contribution is 2.44. The number of carboxylic acids is 1. The number of esters is 1. The summed E-state index contributed by atoms with van der Waals surface area (Å²) in [4.78, 5) is 43.1. The number of hydroxylamine groups is 2. The molecule has 0 aliphatic heterocycles. The molecule has 10 heteroatoms. The van der Waals surface area contributed by atoms with Gasteiger partial charge in [-0.1, -0.05) is 43.2 Å². The van der Waals surface area contributed by atoms with Crippen LogP contribution in [0.25, 0.3) is 0 Å². The Bertz CT molecular complexity index is 795. The average molecular weight is 496 g/mol. The van der Waals surface area contributed by atoms with Gasteiger partial charge < -0.3 is 29.3 Å². The van der Waals surface area contributed by atoms with Gasteiger partial charge in [-0.05, 0) is 31.7 Å². The van der Waals surface area contributed by atoms with Crippen molar-refractivity contribution < 1.29 is 43.6 Å². The quantitative estimate of drug-likeness (QED) is 0.200. The largest absolute Gasteiger partial charge is 0.481 e. The zero-order valence-electron chi connectivity index (χ0n) is 20.5. The molecule has 1 aromatic carbocycles. The van der Waals surface area contributed by atoms with E-state index in [4.69, 9.17) is 19.0 Å². The van der Waals surface area contributed by atoms with Gasteiger partial charge in [0.05, 0.1) is 50.8 Å². The second-order valence-electron chi connectivity index (χ2n) is 8.75. The normalized spacial score (nSPS) is 16.6. The number of hydrogen-bond donors (Lipinski definition) is 2. The average Bonchev–Trinajstić information content (AvgIpc) is 3.31. The Balaban J connectivity index is 2.16. The number of rotatable bonds is 16. The molecule has 1 aliphatic carbocycles. The number of ether oxygens (including phenoxy) is 3. The van der Waals surface area contributed by atoms with Crippen LogP contribution in [-0.2, 0) is 40.0 Å². The summed E-state index contributed by atoms with van der Waals surface area (Å²) in [5.74, 6) is -3.30. The Morgan fingerprint density at radius 3 is 2.40 bits per heavy atom. The highest BCUT2D eigenvalue weighted by molar-refractivity contribution is 5.79. The zero-order valence-corrected chi connectivity index (χ0v) is 20.5. The van der Waals surface area contributed by atoms with Gasteiger partial charge in [-0.25, -0.2) is 9.59 Å². The second-order valence-corrected chi connectivity index (χ2v) is 8.75. The summed E-state index contributed by atoms with van der Waals surface area (Å²) in [5.41, 5.74) is -0.177. The molecule has 0 bridgehead atoms. The van der Waals surface area contributed by atoms with Crippen molar-refractivity contribution in [3.05, 3.63) is 35.9 Å². The van der Waals surface area contributed by atoms with Crippen LogP contribution in [-0.4, -0.2) is 79.4 Å². The maximum absolute atomic E-state index is 13.5. The first kappa shape index (κ1) is 28.7. The highest BCUT2D eigenvalue weighted by atomic mass is 16.7. The molecule has 196 valence electrons. The SMILES string of the molecule is CCOC(=O)[C@@H](O)CN(Cc1ccccc1)OC(=O)C1(CC(COCCOC)C(=O)O)CCCC1. The van der Waals surface area contributed by atoms with E-state index in [-0.39, 0.29) is 39.3 Å². The molecule has 0 spiro atoms. The van der Waals surface area contributed by atoms with E-state index in [0.717, 1.165) is 18.4 Å². The molecule has 10 nitrogen and oxygen atoms in total. The topological polar surface area (TPSA) is 132 Å². The van der Waals surface area contributed by atoms with Crippen molar-refractivity contribution in [1.29, 1.82) is 0 Å². The van der Waals surface area contributed by atoms with Crippen LogP contribution in [0, 0.1) is 11.3 Å². The van der Waals surface area contributed by atoms with E-state index in [1.165, 1.54) is 12.2 Å². The predicted molar refractivity (Wildman–Crippen MR) is 125 cm³/mol. The fourth-order valence-corrected chi connectivity index (χ4v) is 4.24. The van der Waals surface area contributed by atoms with Crippen LogP contribution in [0.3, 0.4) is 0 Å². The van der Waals surface area contributed by atoms with Crippen LogP contribution < -0.4 is 0 Å². The van der Waals surface area contributed by atoms with Crippen molar-refractivity contribution in [3.8, 4) is 0 Å². The lowest BCUT2D eigenvalue weighted by Gasteiger charge is -2.32. The van der Waals surface area contributed by atoms with E-state index in [1.54, 1.807) is 6.92 Å². The number of aliphatic hydroxyl groups is 1. The van der Waals surface area contributed by atoms with Gasteiger partial charge in [-0.3, -0.25) is 4.79 Å². The first-order valence-corrected chi connectivity index (χ1v) is 12.0. The van der Waals surface area contributed by atoms with Crippen molar-refractivity contribution in [2.75, 3.05) is 40.1 Å². The summed E-state index contributed by atoms with van der Waals surface area (Å²) < 4.78 is 15.2. The second kappa shape index (κ2) is 14.8. The van der Waals surface area contributed by atoms with Crippen LogP contribution in [0.15, 0.2) is 30.3 Å². The van der Waals surface area contributed by atoms with E-state index in [0.29, 0.717) is 19.4 Å². The smallest absolute Gasteiger partial charge is 0.336 e. The molecule has 0 heterocycles. The number of hydrogen-bond acceptors (Lipinski definition) is 9. The standard InChI is InChI=1S/C25H37NO9/c1-3-34-23(30)21(27)17-26(16-19-9-5-4-6-10-19)35-24(31)25(11-7-8-12-25)15-20(22(28)29)18-33-14-13-32-2/h4-6,9-10,20-21,27H,3,7-8,11-18H2,1-2H3,(H,28,29)/t20?,21-/m0/s1. The van der Waals surface area contributed by atoms with Crippen molar-refractivity contribution in [2.45, 2.75) is 51.7 Å². The number of carbonyl (C=O) groups is 3. The Morgan fingerprint density at radius 1 is 1.11 bits per heavy atom. The number of benzene rings is 1. The number of carboxylic acid groups (broad SMARTS) is 1. The van der Waals surface area contributed by atoms with Crippen LogP contribution >= 0.6 is 0 Å². The minimum absolute atomic E-state index is 0.0387. The maximum atomic E-state index is 13.5. The van der Waals surface area contributed by atoms with Crippen LogP contribution in [0.4, 0.5) is 0 Å². The number of methoxy groups -OCH3 is 1. The number of aliphatic carboxylic acids is 1. The summed E-state index contributed by atoms with van der Waals surface area (Å²) in [6, 6.07) is 9.18. The molecule has 1 unspecified atom stereocenters. The van der Waals surface area contributed by atoms with E-state index in [1.807, 2.05) is 30.3 Å². The maximum Gasteiger partial charge on any atom is 0.336 e. The lowest BCUT2D eigenvalue weighted by molar-refractivity contribution is -0.214. The Morgan fingerprint density at radius 2 is 1.80 bits per heavy atom. The molecule has 2 rings (SSSR count). The molecule has 0 aromatic heterocycles. The molecule has 0 amide bonds. The Kier molecular flexibility index (Phi) is 12.1. The summed E-state index contributed by atoms with van der Waals surface area (Å²) in [6.07, 6.45) is 1.10. The van der Waals surface area contributed by atoms with Gasteiger partial charge in [0, 0.05) is 7.11 Å². The number of carbonyl (C=O) groups excluding carboxylic acids is 2. The molecule has 2 N–H and O–H groups in total. The molecule has 35 heavy (non-hydrogen) atoms. The molecule has 1 aliphatic rings. The van der Waals surface area contributed by atoms with Crippen molar-refractivity contribution in [1.82, 2.24) is 5.06 Å². The highest BCUT2D eigenvalue weighted by Gasteiger charge is 2.46. The molecule has 1 aromatic rings.